The van der Waals surface area contributed by atoms with Gasteiger partial charge >= 0.3 is 6.03 Å². The van der Waals surface area contributed by atoms with Crippen molar-refractivity contribution in [1.82, 2.24) is 10.6 Å². The number of halogens is 1. The Morgan fingerprint density at radius 1 is 1.19 bits per heavy atom. The number of nitrogens with two attached hydrogens (primary N) is 1. The molecule has 3 rings (SSSR count). The van der Waals surface area contributed by atoms with Crippen LogP contribution in [0.5, 0.6) is 0 Å². The molecular formula is C15H18FN3O2. The molecule has 2 aliphatic carbocycles. The minimum Gasteiger partial charge on any atom is -0.352 e. The van der Waals surface area contributed by atoms with Crippen LogP contribution in [0.2, 0.25) is 0 Å². The molecule has 3 amide bonds. The predicted molar refractivity (Wildman–Crippen MR) is 75.0 cm³/mol. The molecule has 0 bridgehead atoms. The van der Waals surface area contributed by atoms with E-state index in [2.05, 4.69) is 10.6 Å². The highest BCUT2D eigenvalue weighted by Crippen LogP contribution is 2.39. The van der Waals surface area contributed by atoms with Crippen molar-refractivity contribution >= 4 is 11.9 Å². The highest BCUT2D eigenvalue weighted by Gasteiger charge is 2.52. The fraction of sp³-hybridized carbons (Fsp3) is 0.467. The van der Waals surface area contributed by atoms with Crippen molar-refractivity contribution in [3.8, 4) is 0 Å². The second kappa shape index (κ2) is 5.02. The van der Waals surface area contributed by atoms with Gasteiger partial charge in [0.15, 0.2) is 0 Å². The molecule has 0 radical (unpaired) electrons. The van der Waals surface area contributed by atoms with E-state index >= 15 is 0 Å². The summed E-state index contributed by atoms with van der Waals surface area (Å²) in [5, 5.41) is 5.47. The van der Waals surface area contributed by atoms with Crippen LogP contribution in [0.3, 0.4) is 0 Å². The highest BCUT2D eigenvalue weighted by atomic mass is 19.1. The van der Waals surface area contributed by atoms with Gasteiger partial charge in [0.25, 0.3) is 0 Å². The number of hydrogen-bond acceptors (Lipinski definition) is 2. The van der Waals surface area contributed by atoms with E-state index in [4.69, 9.17) is 5.73 Å². The van der Waals surface area contributed by atoms with Crippen molar-refractivity contribution in [2.75, 3.05) is 0 Å². The Labute approximate surface area is 122 Å². The third-order valence-corrected chi connectivity index (χ3v) is 4.36. The highest BCUT2D eigenvalue weighted by molar-refractivity contribution is 5.93. The van der Waals surface area contributed by atoms with Gasteiger partial charge in [-0.15, -0.1) is 0 Å². The number of urea groups is 1. The number of hydrogen-bond donors (Lipinski definition) is 3. The van der Waals surface area contributed by atoms with Gasteiger partial charge in [-0.3, -0.25) is 4.79 Å². The van der Waals surface area contributed by atoms with Gasteiger partial charge in [-0.05, 0) is 49.3 Å². The first-order chi connectivity index (χ1) is 9.98. The quantitative estimate of drug-likeness (QED) is 0.783. The largest absolute Gasteiger partial charge is 0.352 e. The summed E-state index contributed by atoms with van der Waals surface area (Å²) in [6, 6.07) is 5.93. The summed E-state index contributed by atoms with van der Waals surface area (Å²) in [5.74, 6) is -0.0323. The smallest absolute Gasteiger partial charge is 0.313 e. The summed E-state index contributed by atoms with van der Waals surface area (Å²) in [6.45, 7) is 0. The lowest BCUT2D eigenvalue weighted by Gasteiger charge is -2.37. The molecule has 4 N–H and O–H groups in total. The van der Waals surface area contributed by atoms with Gasteiger partial charge in [0.1, 0.15) is 11.4 Å². The number of carbonyl (C=O) groups excluding carboxylic acids is 2. The van der Waals surface area contributed by atoms with Gasteiger partial charge in [0.05, 0.1) is 0 Å². The molecule has 0 aliphatic heterocycles. The lowest BCUT2D eigenvalue weighted by atomic mass is 9.76. The molecule has 0 spiro atoms. The predicted octanol–water partition coefficient (Wildman–Crippen LogP) is 1.39. The zero-order valence-electron chi connectivity index (χ0n) is 11.6. The molecule has 2 aliphatic rings. The molecule has 0 unspecified atom stereocenters. The summed E-state index contributed by atoms with van der Waals surface area (Å²) in [6.07, 6.45) is 2.94. The monoisotopic (exact) mass is 291 g/mol. The van der Waals surface area contributed by atoms with E-state index in [1.54, 1.807) is 12.1 Å². The Balaban J connectivity index is 1.50. The second-order valence-corrected chi connectivity index (χ2v) is 5.96. The molecule has 1 aromatic rings. The van der Waals surface area contributed by atoms with Crippen LogP contribution in [0, 0.1) is 5.82 Å². The fourth-order valence-electron chi connectivity index (χ4n) is 2.84. The molecular weight excluding hydrogens is 273 g/mol. The van der Waals surface area contributed by atoms with Crippen LogP contribution in [0.15, 0.2) is 24.3 Å². The summed E-state index contributed by atoms with van der Waals surface area (Å²) in [7, 11) is 0. The van der Waals surface area contributed by atoms with E-state index in [0.717, 1.165) is 18.4 Å². The van der Waals surface area contributed by atoms with Crippen LogP contribution < -0.4 is 16.4 Å². The molecule has 1 aromatic carbocycles. The van der Waals surface area contributed by atoms with Crippen molar-refractivity contribution in [2.45, 2.75) is 43.2 Å². The zero-order valence-corrected chi connectivity index (χ0v) is 11.6. The van der Waals surface area contributed by atoms with Crippen molar-refractivity contribution in [1.29, 1.82) is 0 Å². The molecule has 2 fully saturated rings. The summed E-state index contributed by atoms with van der Waals surface area (Å²) in [5.41, 5.74) is 5.39. The Hall–Kier alpha value is -2.11. The Morgan fingerprint density at radius 3 is 2.33 bits per heavy atom. The molecule has 112 valence electrons. The van der Waals surface area contributed by atoms with Gasteiger partial charge in [0, 0.05) is 6.04 Å². The van der Waals surface area contributed by atoms with Gasteiger partial charge in [-0.2, -0.15) is 0 Å². The van der Waals surface area contributed by atoms with Crippen molar-refractivity contribution in [3.63, 3.8) is 0 Å². The summed E-state index contributed by atoms with van der Waals surface area (Å²) in [4.78, 5) is 23.0. The van der Waals surface area contributed by atoms with Gasteiger partial charge in [-0.1, -0.05) is 12.1 Å². The van der Waals surface area contributed by atoms with E-state index in [-0.39, 0.29) is 17.8 Å². The number of benzene rings is 1. The SMILES string of the molecule is NC(=O)NC1(C(=O)NC2CC(c3ccc(F)cc3)C2)CC1. The van der Waals surface area contributed by atoms with Gasteiger partial charge in [0.2, 0.25) is 5.91 Å². The van der Waals surface area contributed by atoms with Crippen LogP contribution in [0.1, 0.15) is 37.2 Å². The molecule has 6 heteroatoms. The molecule has 0 saturated heterocycles. The van der Waals surface area contributed by atoms with Gasteiger partial charge < -0.3 is 16.4 Å². The van der Waals surface area contributed by atoms with Crippen molar-refractivity contribution < 1.29 is 14.0 Å². The molecule has 0 aromatic heterocycles. The number of primary amides is 1. The van der Waals surface area contributed by atoms with E-state index in [9.17, 15) is 14.0 Å². The van der Waals surface area contributed by atoms with Crippen LogP contribution in [-0.2, 0) is 4.79 Å². The third kappa shape index (κ3) is 2.84. The number of rotatable bonds is 4. The summed E-state index contributed by atoms with van der Waals surface area (Å²) >= 11 is 0. The number of carbonyl (C=O) groups is 2. The number of nitrogens with one attached hydrogen (secondary N) is 2. The van der Waals surface area contributed by atoms with Crippen molar-refractivity contribution in [2.24, 2.45) is 5.73 Å². The Kier molecular flexibility index (Phi) is 3.31. The molecule has 5 nitrogen and oxygen atoms in total. The first kappa shape index (κ1) is 13.9. The van der Waals surface area contributed by atoms with Gasteiger partial charge in [-0.25, -0.2) is 9.18 Å². The summed E-state index contributed by atoms with van der Waals surface area (Å²) < 4.78 is 12.9. The van der Waals surface area contributed by atoms with Crippen LogP contribution >= 0.6 is 0 Å². The van der Waals surface area contributed by atoms with E-state index in [1.165, 1.54) is 12.1 Å². The third-order valence-electron chi connectivity index (χ3n) is 4.36. The molecule has 0 heterocycles. The normalized spacial score (nSPS) is 25.6. The second-order valence-electron chi connectivity index (χ2n) is 5.96. The Morgan fingerprint density at radius 2 is 1.81 bits per heavy atom. The first-order valence-electron chi connectivity index (χ1n) is 7.12. The molecule has 0 atom stereocenters. The maximum absolute atomic E-state index is 12.9. The van der Waals surface area contributed by atoms with E-state index in [0.29, 0.717) is 18.8 Å². The van der Waals surface area contributed by atoms with Crippen LogP contribution in [0.25, 0.3) is 0 Å². The Bertz CT molecular complexity index is 563. The van der Waals surface area contributed by atoms with Crippen molar-refractivity contribution in [3.05, 3.63) is 35.6 Å². The average Bonchev–Trinajstić information content (AvgIpc) is 3.14. The first-order valence-corrected chi connectivity index (χ1v) is 7.12. The van der Waals surface area contributed by atoms with Crippen LogP contribution in [-0.4, -0.2) is 23.5 Å². The van der Waals surface area contributed by atoms with E-state index < -0.39 is 11.6 Å². The van der Waals surface area contributed by atoms with E-state index in [1.807, 2.05) is 0 Å². The number of amides is 3. The topological polar surface area (TPSA) is 84.2 Å². The maximum Gasteiger partial charge on any atom is 0.313 e. The molecule has 2 saturated carbocycles. The molecule has 21 heavy (non-hydrogen) atoms. The fourth-order valence-corrected chi connectivity index (χ4v) is 2.84. The maximum atomic E-state index is 12.9. The standard InChI is InChI=1S/C15H18FN3O2/c16-11-3-1-9(2-4-11)10-7-12(8-10)18-13(20)15(5-6-15)19-14(17)21/h1-4,10,12H,5-8H2,(H,18,20)(H3,17,19,21). The zero-order chi connectivity index (χ0) is 15.0. The van der Waals surface area contributed by atoms with Crippen LogP contribution in [0.4, 0.5) is 9.18 Å². The average molecular weight is 291 g/mol. The lowest BCUT2D eigenvalue weighted by molar-refractivity contribution is -0.125. The minimum atomic E-state index is -0.785. The minimum absolute atomic E-state index is 0.111. The lowest BCUT2D eigenvalue weighted by Crippen LogP contribution is -2.55.